The first-order chi connectivity index (χ1) is 7.80. The summed E-state index contributed by atoms with van der Waals surface area (Å²) in [4.78, 5) is 0. The third kappa shape index (κ3) is 3.36. The van der Waals surface area contributed by atoms with Gasteiger partial charge >= 0.3 is 0 Å². The molecular formula is C13H20BrNO2. The fraction of sp³-hybridized carbons (Fsp3) is 0.538. The van der Waals surface area contributed by atoms with Crippen LogP contribution in [0.5, 0.6) is 11.5 Å². The molecular weight excluding hydrogens is 282 g/mol. The Morgan fingerprint density at radius 3 is 2.29 bits per heavy atom. The lowest BCUT2D eigenvalue weighted by Gasteiger charge is -2.22. The highest BCUT2D eigenvalue weighted by molar-refractivity contribution is 9.10. The van der Waals surface area contributed by atoms with E-state index in [0.717, 1.165) is 33.5 Å². The molecule has 0 saturated carbocycles. The standard InChI is InChI=1S/C13H20BrNO2/c1-8-6-10(16-4)12(17-5)11(14)9(8)7-13(2,3)15/h6H,7,15H2,1-5H3. The monoisotopic (exact) mass is 301 g/mol. The van der Waals surface area contributed by atoms with Gasteiger partial charge in [-0.2, -0.15) is 0 Å². The molecule has 4 heteroatoms. The van der Waals surface area contributed by atoms with Crippen LogP contribution in [0.15, 0.2) is 10.5 Å². The second kappa shape index (κ2) is 5.27. The molecule has 0 heterocycles. The topological polar surface area (TPSA) is 44.5 Å². The fourth-order valence-corrected chi connectivity index (χ4v) is 2.59. The van der Waals surface area contributed by atoms with Gasteiger partial charge in [0.05, 0.1) is 18.7 Å². The van der Waals surface area contributed by atoms with E-state index in [-0.39, 0.29) is 5.54 Å². The largest absolute Gasteiger partial charge is 0.493 e. The van der Waals surface area contributed by atoms with Crippen LogP contribution in [-0.4, -0.2) is 19.8 Å². The number of halogens is 1. The lowest BCUT2D eigenvalue weighted by Crippen LogP contribution is -2.34. The number of methoxy groups -OCH3 is 2. The number of benzene rings is 1. The van der Waals surface area contributed by atoms with Gasteiger partial charge in [0.15, 0.2) is 11.5 Å². The first-order valence-corrected chi connectivity index (χ1v) is 6.28. The summed E-state index contributed by atoms with van der Waals surface area (Å²) < 4.78 is 11.6. The van der Waals surface area contributed by atoms with Crippen molar-refractivity contribution >= 4 is 15.9 Å². The van der Waals surface area contributed by atoms with E-state index in [2.05, 4.69) is 15.9 Å². The molecule has 0 aliphatic rings. The smallest absolute Gasteiger partial charge is 0.175 e. The third-order valence-corrected chi connectivity index (χ3v) is 3.41. The summed E-state index contributed by atoms with van der Waals surface area (Å²) in [5.74, 6) is 1.45. The summed E-state index contributed by atoms with van der Waals surface area (Å²) in [7, 11) is 3.27. The van der Waals surface area contributed by atoms with Crippen molar-refractivity contribution in [1.29, 1.82) is 0 Å². The summed E-state index contributed by atoms with van der Waals surface area (Å²) in [6, 6.07) is 1.98. The van der Waals surface area contributed by atoms with E-state index in [9.17, 15) is 0 Å². The van der Waals surface area contributed by atoms with Crippen LogP contribution < -0.4 is 15.2 Å². The lowest BCUT2D eigenvalue weighted by atomic mass is 9.93. The Hall–Kier alpha value is -0.740. The Morgan fingerprint density at radius 2 is 1.88 bits per heavy atom. The van der Waals surface area contributed by atoms with E-state index in [1.54, 1.807) is 14.2 Å². The van der Waals surface area contributed by atoms with Crippen LogP contribution in [0.25, 0.3) is 0 Å². The van der Waals surface area contributed by atoms with Crippen LogP contribution in [0.1, 0.15) is 25.0 Å². The first kappa shape index (κ1) is 14.3. The van der Waals surface area contributed by atoms with Crippen LogP contribution >= 0.6 is 15.9 Å². The maximum atomic E-state index is 6.07. The van der Waals surface area contributed by atoms with E-state index in [0.29, 0.717) is 0 Å². The molecule has 0 aromatic heterocycles. The molecule has 3 nitrogen and oxygen atoms in total. The second-order valence-corrected chi connectivity index (χ2v) is 5.68. The SMILES string of the molecule is COc1cc(C)c(CC(C)(C)N)c(Br)c1OC. The number of ether oxygens (including phenoxy) is 2. The third-order valence-electron chi connectivity index (χ3n) is 2.57. The molecule has 96 valence electrons. The highest BCUT2D eigenvalue weighted by Gasteiger charge is 2.20. The van der Waals surface area contributed by atoms with Crippen LogP contribution in [0, 0.1) is 6.92 Å². The van der Waals surface area contributed by atoms with Gasteiger partial charge in [0, 0.05) is 5.54 Å². The summed E-state index contributed by atoms with van der Waals surface area (Å²) in [6.45, 7) is 6.07. The Balaban J connectivity index is 3.32. The summed E-state index contributed by atoms with van der Waals surface area (Å²) >= 11 is 3.58. The van der Waals surface area contributed by atoms with E-state index in [1.807, 2.05) is 26.8 Å². The first-order valence-electron chi connectivity index (χ1n) is 5.49. The van der Waals surface area contributed by atoms with Crippen LogP contribution in [0.2, 0.25) is 0 Å². The van der Waals surface area contributed by atoms with E-state index < -0.39 is 0 Å². The van der Waals surface area contributed by atoms with Gasteiger partial charge in [0.25, 0.3) is 0 Å². The average molecular weight is 302 g/mol. The van der Waals surface area contributed by atoms with Crippen LogP contribution in [0.3, 0.4) is 0 Å². The number of nitrogens with two attached hydrogens (primary N) is 1. The Bertz CT molecular complexity index is 411. The predicted molar refractivity (Wildman–Crippen MR) is 74.0 cm³/mol. The minimum absolute atomic E-state index is 0.257. The van der Waals surface area contributed by atoms with Crippen LogP contribution in [-0.2, 0) is 6.42 Å². The molecule has 17 heavy (non-hydrogen) atoms. The normalized spacial score (nSPS) is 11.5. The molecule has 0 aliphatic heterocycles. The molecule has 0 spiro atoms. The van der Waals surface area contributed by atoms with E-state index >= 15 is 0 Å². The fourth-order valence-electron chi connectivity index (χ4n) is 1.78. The quantitative estimate of drug-likeness (QED) is 0.929. The Labute approximate surface area is 111 Å². The van der Waals surface area contributed by atoms with Crippen molar-refractivity contribution in [1.82, 2.24) is 0 Å². The van der Waals surface area contributed by atoms with Gasteiger partial charge < -0.3 is 15.2 Å². The van der Waals surface area contributed by atoms with Gasteiger partial charge in [0.2, 0.25) is 0 Å². The molecule has 1 rings (SSSR count). The van der Waals surface area contributed by atoms with Gasteiger partial charge in [-0.05, 0) is 60.3 Å². The number of rotatable bonds is 4. The van der Waals surface area contributed by atoms with Gasteiger partial charge in [-0.1, -0.05) is 0 Å². The molecule has 0 unspecified atom stereocenters. The zero-order valence-corrected chi connectivity index (χ0v) is 12.6. The lowest BCUT2D eigenvalue weighted by molar-refractivity contribution is 0.351. The number of hydrogen-bond acceptors (Lipinski definition) is 3. The van der Waals surface area contributed by atoms with Gasteiger partial charge in [-0.3, -0.25) is 0 Å². The van der Waals surface area contributed by atoms with Crippen molar-refractivity contribution in [2.45, 2.75) is 32.7 Å². The molecule has 0 radical (unpaired) electrons. The maximum Gasteiger partial charge on any atom is 0.175 e. The molecule has 0 fully saturated rings. The Kier molecular flexibility index (Phi) is 4.44. The van der Waals surface area contributed by atoms with Crippen LogP contribution in [0.4, 0.5) is 0 Å². The summed E-state index contributed by atoms with van der Waals surface area (Å²) in [5, 5.41) is 0. The zero-order valence-electron chi connectivity index (χ0n) is 11.1. The highest BCUT2D eigenvalue weighted by atomic mass is 79.9. The highest BCUT2D eigenvalue weighted by Crippen LogP contribution is 2.40. The minimum atomic E-state index is -0.257. The molecule has 2 N–H and O–H groups in total. The van der Waals surface area contributed by atoms with Gasteiger partial charge in [-0.15, -0.1) is 0 Å². The van der Waals surface area contributed by atoms with E-state index in [1.165, 1.54) is 0 Å². The van der Waals surface area contributed by atoms with Crippen molar-refractivity contribution in [2.75, 3.05) is 14.2 Å². The number of hydrogen-bond donors (Lipinski definition) is 1. The molecule has 0 bridgehead atoms. The van der Waals surface area contributed by atoms with Crippen molar-refractivity contribution in [3.05, 3.63) is 21.7 Å². The van der Waals surface area contributed by atoms with Crippen molar-refractivity contribution < 1.29 is 9.47 Å². The molecule has 0 saturated heterocycles. The Morgan fingerprint density at radius 1 is 1.29 bits per heavy atom. The summed E-state index contributed by atoms with van der Waals surface area (Å²) in [6.07, 6.45) is 0.778. The minimum Gasteiger partial charge on any atom is -0.493 e. The second-order valence-electron chi connectivity index (χ2n) is 4.89. The van der Waals surface area contributed by atoms with Gasteiger partial charge in [-0.25, -0.2) is 0 Å². The van der Waals surface area contributed by atoms with E-state index in [4.69, 9.17) is 15.2 Å². The van der Waals surface area contributed by atoms with Crippen molar-refractivity contribution in [3.8, 4) is 11.5 Å². The maximum absolute atomic E-state index is 6.07. The predicted octanol–water partition coefficient (Wildman–Crippen LogP) is 3.05. The molecule has 0 atom stereocenters. The number of aryl methyl sites for hydroxylation is 1. The summed E-state index contributed by atoms with van der Waals surface area (Å²) in [5.41, 5.74) is 8.13. The molecule has 1 aromatic carbocycles. The van der Waals surface area contributed by atoms with Gasteiger partial charge in [0.1, 0.15) is 0 Å². The van der Waals surface area contributed by atoms with Crippen molar-refractivity contribution in [3.63, 3.8) is 0 Å². The average Bonchev–Trinajstić information content (AvgIpc) is 2.22. The molecule has 0 aliphatic carbocycles. The molecule has 0 amide bonds. The molecule has 1 aromatic rings. The van der Waals surface area contributed by atoms with Crippen molar-refractivity contribution in [2.24, 2.45) is 5.73 Å². The zero-order chi connectivity index (χ0) is 13.2.